The van der Waals surface area contributed by atoms with Gasteiger partial charge in [0.2, 0.25) is 10.0 Å². The Morgan fingerprint density at radius 1 is 1.20 bits per heavy atom. The van der Waals surface area contributed by atoms with Crippen molar-refractivity contribution in [3.8, 4) is 0 Å². The molecule has 2 aromatic rings. The first-order valence-corrected chi connectivity index (χ1v) is 7.44. The summed E-state index contributed by atoms with van der Waals surface area (Å²) in [5, 5.41) is 3.15. The van der Waals surface area contributed by atoms with Crippen molar-refractivity contribution in [2.45, 2.75) is 11.4 Å². The van der Waals surface area contributed by atoms with Crippen molar-refractivity contribution in [1.29, 1.82) is 0 Å². The van der Waals surface area contributed by atoms with Crippen molar-refractivity contribution in [1.82, 2.24) is 14.3 Å². The quantitative estimate of drug-likeness (QED) is 0.900. The second kappa shape index (κ2) is 5.98. The lowest BCUT2D eigenvalue weighted by molar-refractivity contribution is 0.521. The van der Waals surface area contributed by atoms with Gasteiger partial charge in [0.1, 0.15) is 6.33 Å². The average Bonchev–Trinajstić information content (AvgIpc) is 2.46. The summed E-state index contributed by atoms with van der Waals surface area (Å²) in [5.41, 5.74) is 1.66. The van der Waals surface area contributed by atoms with Crippen LogP contribution in [0.5, 0.6) is 0 Å². The van der Waals surface area contributed by atoms with E-state index in [1.807, 2.05) is 6.07 Å². The molecule has 0 bridgehead atoms. The first-order valence-electron chi connectivity index (χ1n) is 6.00. The lowest BCUT2D eigenvalue weighted by Crippen LogP contribution is -2.22. The monoisotopic (exact) mass is 292 g/mol. The van der Waals surface area contributed by atoms with Crippen molar-refractivity contribution in [3.63, 3.8) is 0 Å². The molecule has 1 N–H and O–H groups in total. The molecule has 0 fully saturated rings. The summed E-state index contributed by atoms with van der Waals surface area (Å²) in [6.07, 6.45) is 4.88. The summed E-state index contributed by atoms with van der Waals surface area (Å²) in [6, 6.07) is 6.71. The Bertz CT molecular complexity index is 672. The predicted molar refractivity (Wildman–Crippen MR) is 76.7 cm³/mol. The van der Waals surface area contributed by atoms with E-state index in [9.17, 15) is 8.42 Å². The fourth-order valence-corrected chi connectivity index (χ4v) is 2.55. The molecule has 0 aliphatic heterocycles. The number of hydrogen-bond donors (Lipinski definition) is 1. The van der Waals surface area contributed by atoms with E-state index in [4.69, 9.17) is 0 Å². The van der Waals surface area contributed by atoms with Crippen LogP contribution in [0.25, 0.3) is 0 Å². The Kier molecular flexibility index (Phi) is 4.31. The summed E-state index contributed by atoms with van der Waals surface area (Å²) in [7, 11) is -0.392. The zero-order valence-electron chi connectivity index (χ0n) is 11.3. The molecular formula is C13H16N4O2S. The molecule has 106 valence electrons. The molecule has 1 aromatic heterocycles. The van der Waals surface area contributed by atoms with E-state index in [2.05, 4.69) is 15.3 Å². The van der Waals surface area contributed by atoms with Crippen LogP contribution in [-0.2, 0) is 16.6 Å². The van der Waals surface area contributed by atoms with Gasteiger partial charge in [0.15, 0.2) is 0 Å². The van der Waals surface area contributed by atoms with Crippen LogP contribution in [0.2, 0.25) is 0 Å². The Labute approximate surface area is 118 Å². The van der Waals surface area contributed by atoms with Crippen LogP contribution in [-0.4, -0.2) is 36.8 Å². The van der Waals surface area contributed by atoms with Gasteiger partial charge < -0.3 is 5.32 Å². The van der Waals surface area contributed by atoms with Crippen LogP contribution in [0.4, 0.5) is 5.69 Å². The molecular weight excluding hydrogens is 276 g/mol. The molecule has 0 unspecified atom stereocenters. The fourth-order valence-electron chi connectivity index (χ4n) is 1.60. The number of nitrogens with one attached hydrogen (secondary N) is 1. The molecule has 0 atom stereocenters. The summed E-state index contributed by atoms with van der Waals surface area (Å²) in [5.74, 6) is 0. The van der Waals surface area contributed by atoms with E-state index in [0.29, 0.717) is 6.54 Å². The highest BCUT2D eigenvalue weighted by atomic mass is 32.2. The lowest BCUT2D eigenvalue weighted by Gasteiger charge is -2.13. The minimum absolute atomic E-state index is 0.261. The topological polar surface area (TPSA) is 75.2 Å². The Morgan fingerprint density at radius 3 is 2.55 bits per heavy atom. The van der Waals surface area contributed by atoms with Crippen LogP contribution in [0.3, 0.4) is 0 Å². The standard InChI is InChI=1S/C13H16N4O2S/c1-17(2)20(18,19)13-5-3-4-12(6-13)16-9-11-7-14-10-15-8-11/h3-8,10,16H,9H2,1-2H3. The van der Waals surface area contributed by atoms with Gasteiger partial charge in [-0.1, -0.05) is 6.07 Å². The van der Waals surface area contributed by atoms with E-state index in [1.54, 1.807) is 30.6 Å². The third-order valence-electron chi connectivity index (χ3n) is 2.72. The highest BCUT2D eigenvalue weighted by molar-refractivity contribution is 7.89. The lowest BCUT2D eigenvalue weighted by atomic mass is 10.3. The minimum atomic E-state index is -3.41. The average molecular weight is 292 g/mol. The number of nitrogens with zero attached hydrogens (tertiary/aromatic N) is 3. The normalized spacial score (nSPS) is 11.6. The summed E-state index contributed by atoms with van der Waals surface area (Å²) >= 11 is 0. The maximum absolute atomic E-state index is 12.0. The largest absolute Gasteiger partial charge is 0.381 e. The van der Waals surface area contributed by atoms with Gasteiger partial charge in [-0.25, -0.2) is 22.7 Å². The molecule has 0 amide bonds. The molecule has 1 aromatic carbocycles. The van der Waals surface area contributed by atoms with E-state index < -0.39 is 10.0 Å². The van der Waals surface area contributed by atoms with E-state index >= 15 is 0 Å². The zero-order chi connectivity index (χ0) is 14.6. The molecule has 0 saturated carbocycles. The van der Waals surface area contributed by atoms with Crippen LogP contribution in [0.15, 0.2) is 47.9 Å². The van der Waals surface area contributed by atoms with Crippen LogP contribution >= 0.6 is 0 Å². The van der Waals surface area contributed by atoms with Crippen molar-refractivity contribution < 1.29 is 8.42 Å². The highest BCUT2D eigenvalue weighted by Gasteiger charge is 2.16. The highest BCUT2D eigenvalue weighted by Crippen LogP contribution is 2.18. The molecule has 0 spiro atoms. The minimum Gasteiger partial charge on any atom is -0.381 e. The number of aromatic nitrogens is 2. The number of hydrogen-bond acceptors (Lipinski definition) is 5. The molecule has 0 saturated heterocycles. The van der Waals surface area contributed by atoms with Gasteiger partial charge >= 0.3 is 0 Å². The van der Waals surface area contributed by atoms with Gasteiger partial charge in [-0.15, -0.1) is 0 Å². The van der Waals surface area contributed by atoms with Gasteiger partial charge in [0.25, 0.3) is 0 Å². The molecule has 0 aliphatic carbocycles. The number of rotatable bonds is 5. The second-order valence-electron chi connectivity index (χ2n) is 4.42. The maximum atomic E-state index is 12.0. The number of benzene rings is 1. The summed E-state index contributed by atoms with van der Waals surface area (Å²) in [4.78, 5) is 8.11. The van der Waals surface area contributed by atoms with Gasteiger partial charge in [0.05, 0.1) is 4.90 Å². The Balaban J connectivity index is 2.15. The Morgan fingerprint density at radius 2 is 1.90 bits per heavy atom. The molecule has 0 radical (unpaired) electrons. The number of sulfonamides is 1. The van der Waals surface area contributed by atoms with Crippen molar-refractivity contribution in [2.24, 2.45) is 0 Å². The Hall–Kier alpha value is -1.99. The van der Waals surface area contributed by atoms with E-state index in [1.165, 1.54) is 24.7 Å². The van der Waals surface area contributed by atoms with Gasteiger partial charge in [-0.3, -0.25) is 0 Å². The molecule has 7 heteroatoms. The first kappa shape index (κ1) is 14.4. The first-order chi connectivity index (χ1) is 9.50. The fraction of sp³-hybridized carbons (Fsp3) is 0.231. The number of anilines is 1. The van der Waals surface area contributed by atoms with Gasteiger partial charge in [0, 0.05) is 44.3 Å². The smallest absolute Gasteiger partial charge is 0.242 e. The summed E-state index contributed by atoms with van der Waals surface area (Å²) < 4.78 is 25.3. The van der Waals surface area contributed by atoms with E-state index in [-0.39, 0.29) is 4.90 Å². The van der Waals surface area contributed by atoms with Crippen LogP contribution in [0.1, 0.15) is 5.56 Å². The van der Waals surface area contributed by atoms with Gasteiger partial charge in [-0.05, 0) is 18.2 Å². The van der Waals surface area contributed by atoms with Crippen molar-refractivity contribution in [3.05, 3.63) is 48.5 Å². The second-order valence-corrected chi connectivity index (χ2v) is 6.57. The van der Waals surface area contributed by atoms with E-state index in [0.717, 1.165) is 11.3 Å². The third-order valence-corrected chi connectivity index (χ3v) is 4.53. The van der Waals surface area contributed by atoms with Crippen molar-refractivity contribution >= 4 is 15.7 Å². The predicted octanol–water partition coefficient (Wildman–Crippen LogP) is 1.34. The molecule has 20 heavy (non-hydrogen) atoms. The molecule has 6 nitrogen and oxygen atoms in total. The zero-order valence-corrected chi connectivity index (χ0v) is 12.1. The SMILES string of the molecule is CN(C)S(=O)(=O)c1cccc(NCc2cncnc2)c1. The third kappa shape index (κ3) is 3.31. The molecule has 2 rings (SSSR count). The van der Waals surface area contributed by atoms with Gasteiger partial charge in [-0.2, -0.15) is 0 Å². The van der Waals surface area contributed by atoms with Crippen LogP contribution in [0, 0.1) is 0 Å². The molecule has 0 aliphatic rings. The molecule has 1 heterocycles. The maximum Gasteiger partial charge on any atom is 0.242 e. The van der Waals surface area contributed by atoms with Crippen LogP contribution < -0.4 is 5.32 Å². The van der Waals surface area contributed by atoms with Crippen molar-refractivity contribution in [2.75, 3.05) is 19.4 Å². The summed E-state index contributed by atoms with van der Waals surface area (Å²) in [6.45, 7) is 0.534.